The Morgan fingerprint density at radius 3 is 2.11 bits per heavy atom. The first kappa shape index (κ1) is 23.5. The molecule has 154 valence electrons. The van der Waals surface area contributed by atoms with E-state index in [4.69, 9.17) is 0 Å². The molecule has 1 atom stereocenters. The molecule has 1 fully saturated rings. The van der Waals surface area contributed by atoms with Crippen LogP contribution in [0.3, 0.4) is 0 Å². The average molecular weight is 420 g/mol. The predicted molar refractivity (Wildman–Crippen MR) is 89.7 cm³/mol. The number of carbonyl (C=O) groups is 1. The number of nitrogens with one attached hydrogen (secondary N) is 2. The van der Waals surface area contributed by atoms with Gasteiger partial charge in [-0.25, -0.2) is 0 Å². The Bertz CT molecular complexity index is 600. The highest BCUT2D eigenvalue weighted by molar-refractivity contribution is 5.85. The molecule has 2 N–H and O–H groups in total. The predicted octanol–water partition coefficient (Wildman–Crippen LogP) is 2.62. The van der Waals surface area contributed by atoms with E-state index in [0.29, 0.717) is 18.7 Å². The molecular weight excluding hydrogens is 400 g/mol. The van der Waals surface area contributed by atoms with E-state index in [0.717, 1.165) is 24.3 Å². The van der Waals surface area contributed by atoms with Crippen molar-refractivity contribution in [2.45, 2.75) is 24.8 Å². The van der Waals surface area contributed by atoms with Crippen molar-refractivity contribution in [1.82, 2.24) is 15.5 Å². The molecule has 1 saturated heterocycles. The lowest BCUT2D eigenvalue weighted by Gasteiger charge is -2.35. The Hall–Kier alpha value is -1.52. The van der Waals surface area contributed by atoms with Crippen LogP contribution in [0.4, 0.5) is 26.3 Å². The standard InChI is InChI=1S/C16H19F6N3O.ClH/c17-15(18,19)12-3-1-11(2-4-12)9-14(26)24-10-13(16(20,21)22)25-7-5-23-6-8-25;/h1-4,13,23H,5-10H2,(H,24,26);1H. The minimum atomic E-state index is -4.49. The van der Waals surface area contributed by atoms with Crippen LogP contribution in [0, 0.1) is 0 Å². The fraction of sp³-hybridized carbons (Fsp3) is 0.562. The second-order valence-corrected chi connectivity index (χ2v) is 6.02. The lowest BCUT2D eigenvalue weighted by Crippen LogP contribution is -2.57. The van der Waals surface area contributed by atoms with E-state index in [1.165, 1.54) is 4.90 Å². The minimum absolute atomic E-state index is 0. The van der Waals surface area contributed by atoms with Crippen molar-refractivity contribution < 1.29 is 31.1 Å². The highest BCUT2D eigenvalue weighted by Gasteiger charge is 2.43. The van der Waals surface area contributed by atoms with Crippen molar-refractivity contribution in [3.05, 3.63) is 35.4 Å². The summed E-state index contributed by atoms with van der Waals surface area (Å²) in [6.07, 6.45) is -9.26. The van der Waals surface area contributed by atoms with Crippen LogP contribution in [0.5, 0.6) is 0 Å². The summed E-state index contributed by atoms with van der Waals surface area (Å²) in [6, 6.07) is 2.16. The zero-order valence-electron chi connectivity index (χ0n) is 14.2. The van der Waals surface area contributed by atoms with Gasteiger partial charge in [0.05, 0.1) is 12.0 Å². The number of alkyl halides is 6. The molecule has 1 unspecified atom stereocenters. The van der Waals surface area contributed by atoms with Crippen LogP contribution in [-0.4, -0.2) is 55.7 Å². The maximum Gasteiger partial charge on any atom is 0.416 e. The molecule has 2 rings (SSSR count). The van der Waals surface area contributed by atoms with Gasteiger partial charge in [-0.1, -0.05) is 12.1 Å². The van der Waals surface area contributed by atoms with Crippen LogP contribution in [0.15, 0.2) is 24.3 Å². The van der Waals surface area contributed by atoms with Gasteiger partial charge >= 0.3 is 12.4 Å². The fourth-order valence-electron chi connectivity index (χ4n) is 2.72. The van der Waals surface area contributed by atoms with Gasteiger partial charge in [0, 0.05) is 32.7 Å². The van der Waals surface area contributed by atoms with Crippen molar-refractivity contribution in [3.63, 3.8) is 0 Å². The zero-order valence-corrected chi connectivity index (χ0v) is 15.0. The van der Waals surface area contributed by atoms with E-state index in [1.807, 2.05) is 0 Å². The maximum atomic E-state index is 13.2. The Morgan fingerprint density at radius 2 is 1.63 bits per heavy atom. The van der Waals surface area contributed by atoms with Crippen molar-refractivity contribution in [1.29, 1.82) is 0 Å². The number of carbonyl (C=O) groups excluding carboxylic acids is 1. The topological polar surface area (TPSA) is 44.4 Å². The SMILES string of the molecule is Cl.O=C(Cc1ccc(C(F)(F)F)cc1)NCC(N1CCNCC1)C(F)(F)F. The monoisotopic (exact) mass is 419 g/mol. The van der Waals surface area contributed by atoms with Gasteiger partial charge < -0.3 is 10.6 Å². The van der Waals surface area contributed by atoms with Gasteiger partial charge in [0.1, 0.15) is 6.04 Å². The summed E-state index contributed by atoms with van der Waals surface area (Å²) in [5, 5.41) is 5.19. The van der Waals surface area contributed by atoms with Gasteiger partial charge in [0.25, 0.3) is 0 Å². The third-order valence-corrected chi connectivity index (χ3v) is 4.11. The van der Waals surface area contributed by atoms with Crippen molar-refractivity contribution in [2.75, 3.05) is 32.7 Å². The summed E-state index contributed by atoms with van der Waals surface area (Å²) in [5.41, 5.74) is -0.557. The minimum Gasteiger partial charge on any atom is -0.354 e. The number of piperazine rings is 1. The summed E-state index contributed by atoms with van der Waals surface area (Å²) < 4.78 is 77.1. The van der Waals surface area contributed by atoms with E-state index >= 15 is 0 Å². The Balaban J connectivity index is 0.00000364. The smallest absolute Gasteiger partial charge is 0.354 e. The molecule has 0 bridgehead atoms. The van der Waals surface area contributed by atoms with Crippen LogP contribution < -0.4 is 10.6 Å². The molecule has 4 nitrogen and oxygen atoms in total. The summed E-state index contributed by atoms with van der Waals surface area (Å²) in [7, 11) is 0. The molecule has 1 aromatic rings. The summed E-state index contributed by atoms with van der Waals surface area (Å²) in [6.45, 7) is 0.721. The quantitative estimate of drug-likeness (QED) is 0.721. The van der Waals surface area contributed by atoms with Crippen LogP contribution in [-0.2, 0) is 17.4 Å². The van der Waals surface area contributed by atoms with Gasteiger partial charge in [-0.15, -0.1) is 12.4 Å². The van der Waals surface area contributed by atoms with Crippen LogP contribution in [0.25, 0.3) is 0 Å². The van der Waals surface area contributed by atoms with Gasteiger partial charge in [0.15, 0.2) is 0 Å². The molecule has 0 aromatic heterocycles. The second kappa shape index (κ2) is 9.61. The molecule has 1 amide bonds. The summed E-state index contributed by atoms with van der Waals surface area (Å²) in [4.78, 5) is 13.1. The van der Waals surface area contributed by atoms with Gasteiger partial charge in [-0.05, 0) is 17.7 Å². The van der Waals surface area contributed by atoms with Crippen LogP contribution >= 0.6 is 12.4 Å². The highest BCUT2D eigenvalue weighted by atomic mass is 35.5. The number of benzene rings is 1. The third-order valence-electron chi connectivity index (χ3n) is 4.11. The first-order valence-corrected chi connectivity index (χ1v) is 8.01. The third kappa shape index (κ3) is 7.19. The molecule has 1 aliphatic heterocycles. The fourth-order valence-corrected chi connectivity index (χ4v) is 2.72. The van der Waals surface area contributed by atoms with Gasteiger partial charge in [-0.3, -0.25) is 9.69 Å². The summed E-state index contributed by atoms with van der Waals surface area (Å²) in [5.74, 6) is -0.672. The number of amides is 1. The molecule has 1 aliphatic rings. The molecule has 0 spiro atoms. The van der Waals surface area contributed by atoms with Crippen LogP contribution in [0.2, 0.25) is 0 Å². The number of halogens is 7. The van der Waals surface area contributed by atoms with Crippen LogP contribution in [0.1, 0.15) is 11.1 Å². The lowest BCUT2D eigenvalue weighted by molar-refractivity contribution is -0.184. The molecule has 27 heavy (non-hydrogen) atoms. The molecule has 1 heterocycles. The second-order valence-electron chi connectivity index (χ2n) is 6.02. The van der Waals surface area contributed by atoms with Crippen molar-refractivity contribution in [2.24, 2.45) is 0 Å². The van der Waals surface area contributed by atoms with E-state index < -0.39 is 36.4 Å². The molecule has 11 heteroatoms. The number of hydrogen-bond donors (Lipinski definition) is 2. The zero-order chi connectivity index (χ0) is 19.4. The largest absolute Gasteiger partial charge is 0.416 e. The summed E-state index contributed by atoms with van der Waals surface area (Å²) >= 11 is 0. The van der Waals surface area contributed by atoms with E-state index in [2.05, 4.69) is 10.6 Å². The molecule has 1 aromatic carbocycles. The number of rotatable bonds is 5. The Labute approximate surface area is 158 Å². The van der Waals surface area contributed by atoms with Gasteiger partial charge in [-0.2, -0.15) is 26.3 Å². The number of nitrogens with zero attached hydrogens (tertiary/aromatic N) is 1. The molecule has 0 radical (unpaired) electrons. The molecule has 0 saturated carbocycles. The van der Waals surface area contributed by atoms with E-state index in [9.17, 15) is 31.1 Å². The number of hydrogen-bond acceptors (Lipinski definition) is 3. The first-order chi connectivity index (χ1) is 12.1. The van der Waals surface area contributed by atoms with E-state index in [-0.39, 0.29) is 31.9 Å². The Kier molecular flexibility index (Phi) is 8.37. The van der Waals surface area contributed by atoms with Crippen molar-refractivity contribution >= 4 is 18.3 Å². The van der Waals surface area contributed by atoms with Crippen molar-refractivity contribution in [3.8, 4) is 0 Å². The molecular formula is C16H20ClF6N3O. The maximum absolute atomic E-state index is 13.2. The highest BCUT2D eigenvalue weighted by Crippen LogP contribution is 2.29. The average Bonchev–Trinajstić information content (AvgIpc) is 2.54. The normalized spacial score (nSPS) is 17.1. The lowest BCUT2D eigenvalue weighted by atomic mass is 10.1. The van der Waals surface area contributed by atoms with E-state index in [1.54, 1.807) is 0 Å². The molecule has 0 aliphatic carbocycles. The van der Waals surface area contributed by atoms with Gasteiger partial charge in [0.2, 0.25) is 5.91 Å². The Morgan fingerprint density at radius 1 is 1.07 bits per heavy atom. The first-order valence-electron chi connectivity index (χ1n) is 8.01.